The van der Waals surface area contributed by atoms with E-state index in [0.29, 0.717) is 16.6 Å². The molecule has 0 amide bonds. The Hall–Kier alpha value is -3.41. The standard InChI is InChI=1S/C20H21FN6O4S/c1-11(2)31-14(28)10-32-19-23-22-18-26(9-12-5-7-13(21)8-6-12)15-16(27(18)19)24(3)20(30)25(4)17(15)29/h5-8,11H,9-10H2,1-4H3. The summed E-state index contributed by atoms with van der Waals surface area (Å²) in [5.74, 6) is -0.476. The van der Waals surface area contributed by atoms with Gasteiger partial charge in [0.2, 0.25) is 5.78 Å². The fourth-order valence-electron chi connectivity index (χ4n) is 3.47. The van der Waals surface area contributed by atoms with Crippen molar-refractivity contribution in [2.45, 2.75) is 31.7 Å². The minimum atomic E-state index is -0.507. The lowest BCUT2D eigenvalue weighted by molar-refractivity contribution is -0.144. The van der Waals surface area contributed by atoms with Gasteiger partial charge in [-0.1, -0.05) is 23.9 Å². The molecule has 12 heteroatoms. The number of carbonyl (C=O) groups excluding carboxylic acids is 1. The van der Waals surface area contributed by atoms with Crippen LogP contribution in [0.1, 0.15) is 19.4 Å². The van der Waals surface area contributed by atoms with Crippen LogP contribution >= 0.6 is 11.8 Å². The van der Waals surface area contributed by atoms with E-state index in [4.69, 9.17) is 4.74 Å². The predicted molar refractivity (Wildman–Crippen MR) is 116 cm³/mol. The number of hydrogen-bond donors (Lipinski definition) is 0. The number of benzene rings is 1. The van der Waals surface area contributed by atoms with E-state index >= 15 is 0 Å². The zero-order chi connectivity index (χ0) is 23.2. The van der Waals surface area contributed by atoms with Crippen LogP contribution in [0.3, 0.4) is 0 Å². The van der Waals surface area contributed by atoms with Crippen LogP contribution in [0.5, 0.6) is 0 Å². The highest BCUT2D eigenvalue weighted by atomic mass is 32.2. The van der Waals surface area contributed by atoms with Gasteiger partial charge in [-0.25, -0.2) is 13.6 Å². The van der Waals surface area contributed by atoms with Gasteiger partial charge in [-0.05, 0) is 31.5 Å². The Morgan fingerprint density at radius 2 is 1.81 bits per heavy atom. The zero-order valence-corrected chi connectivity index (χ0v) is 18.7. The van der Waals surface area contributed by atoms with Crippen LogP contribution < -0.4 is 11.2 Å². The lowest BCUT2D eigenvalue weighted by atomic mass is 10.2. The number of rotatable bonds is 6. The zero-order valence-electron chi connectivity index (χ0n) is 17.9. The molecule has 0 radical (unpaired) electrons. The largest absolute Gasteiger partial charge is 0.462 e. The van der Waals surface area contributed by atoms with Crippen LogP contribution in [0.4, 0.5) is 4.39 Å². The SMILES string of the molecule is CC(C)OC(=O)CSc1nnc2n(Cc3ccc(F)cc3)c3c(=O)n(C)c(=O)n(C)c3n12. The minimum absolute atomic E-state index is 0.0115. The van der Waals surface area contributed by atoms with Crippen LogP contribution in [0, 0.1) is 5.82 Å². The summed E-state index contributed by atoms with van der Waals surface area (Å²) in [6, 6.07) is 5.88. The molecule has 0 spiro atoms. The first-order valence-corrected chi connectivity index (χ1v) is 10.8. The van der Waals surface area contributed by atoms with Crippen molar-refractivity contribution in [1.82, 2.24) is 28.3 Å². The van der Waals surface area contributed by atoms with Crippen LogP contribution in [0.2, 0.25) is 0 Å². The van der Waals surface area contributed by atoms with Crippen molar-refractivity contribution in [3.05, 3.63) is 56.5 Å². The molecule has 0 fully saturated rings. The van der Waals surface area contributed by atoms with Crippen LogP contribution in [0.15, 0.2) is 39.0 Å². The molecule has 0 aliphatic rings. The Morgan fingerprint density at radius 3 is 2.47 bits per heavy atom. The van der Waals surface area contributed by atoms with Crippen LogP contribution in [-0.4, -0.2) is 46.1 Å². The molecule has 4 rings (SSSR count). The molecule has 0 aliphatic heterocycles. The van der Waals surface area contributed by atoms with E-state index in [0.717, 1.165) is 21.9 Å². The molecular formula is C20H21FN6O4S. The van der Waals surface area contributed by atoms with E-state index in [2.05, 4.69) is 10.2 Å². The Morgan fingerprint density at radius 1 is 1.12 bits per heavy atom. The maximum absolute atomic E-state index is 13.4. The van der Waals surface area contributed by atoms with E-state index in [1.165, 1.54) is 23.7 Å². The van der Waals surface area contributed by atoms with Gasteiger partial charge in [0.15, 0.2) is 16.3 Å². The van der Waals surface area contributed by atoms with Crippen LogP contribution in [0.25, 0.3) is 16.9 Å². The van der Waals surface area contributed by atoms with E-state index < -0.39 is 17.2 Å². The topological polar surface area (TPSA) is 105 Å². The molecule has 168 valence electrons. The fraction of sp³-hybridized carbons (Fsp3) is 0.350. The molecule has 3 aromatic heterocycles. The predicted octanol–water partition coefficient (Wildman–Crippen LogP) is 1.31. The summed E-state index contributed by atoms with van der Waals surface area (Å²) in [4.78, 5) is 37.7. The van der Waals surface area contributed by atoms with Crippen molar-refractivity contribution in [1.29, 1.82) is 0 Å². The number of thioether (sulfide) groups is 1. The summed E-state index contributed by atoms with van der Waals surface area (Å²) in [6.45, 7) is 3.72. The molecule has 0 saturated heterocycles. The summed E-state index contributed by atoms with van der Waals surface area (Å²) < 4.78 is 24.1. The van der Waals surface area contributed by atoms with Gasteiger partial charge in [-0.15, -0.1) is 10.2 Å². The summed E-state index contributed by atoms with van der Waals surface area (Å²) in [6.07, 6.45) is -0.247. The number of carbonyl (C=O) groups is 1. The lowest BCUT2D eigenvalue weighted by Crippen LogP contribution is -2.37. The summed E-state index contributed by atoms with van der Waals surface area (Å²) in [5.41, 5.74) is 0.285. The number of imidazole rings is 1. The van der Waals surface area contributed by atoms with Crippen molar-refractivity contribution in [2.24, 2.45) is 14.1 Å². The first kappa shape index (κ1) is 21.8. The number of ether oxygens (including phenoxy) is 1. The third kappa shape index (κ3) is 3.70. The quantitative estimate of drug-likeness (QED) is 0.316. The third-order valence-corrected chi connectivity index (χ3v) is 5.79. The monoisotopic (exact) mass is 460 g/mol. The molecule has 0 N–H and O–H groups in total. The van der Waals surface area contributed by atoms with Gasteiger partial charge in [0, 0.05) is 14.1 Å². The number of hydrogen-bond acceptors (Lipinski definition) is 7. The lowest BCUT2D eigenvalue weighted by Gasteiger charge is -2.08. The van der Waals surface area contributed by atoms with Gasteiger partial charge in [0.25, 0.3) is 5.56 Å². The second kappa shape index (κ2) is 8.26. The number of nitrogens with zero attached hydrogens (tertiary/aromatic N) is 6. The van der Waals surface area contributed by atoms with Gasteiger partial charge >= 0.3 is 11.7 Å². The highest BCUT2D eigenvalue weighted by Crippen LogP contribution is 2.24. The number of esters is 1. The number of halogens is 1. The molecule has 0 atom stereocenters. The minimum Gasteiger partial charge on any atom is -0.462 e. The Bertz CT molecular complexity index is 1450. The van der Waals surface area contributed by atoms with Crippen molar-refractivity contribution in [3.8, 4) is 0 Å². The van der Waals surface area contributed by atoms with Gasteiger partial charge in [0.05, 0.1) is 18.4 Å². The number of aryl methyl sites for hydroxylation is 1. The van der Waals surface area contributed by atoms with Crippen LogP contribution in [-0.2, 0) is 30.2 Å². The van der Waals surface area contributed by atoms with E-state index in [9.17, 15) is 18.8 Å². The molecule has 0 unspecified atom stereocenters. The average molecular weight is 460 g/mol. The van der Waals surface area contributed by atoms with E-state index in [-0.39, 0.29) is 29.7 Å². The maximum Gasteiger partial charge on any atom is 0.332 e. The first-order valence-electron chi connectivity index (χ1n) is 9.79. The summed E-state index contributed by atoms with van der Waals surface area (Å²) in [7, 11) is 2.95. The highest BCUT2D eigenvalue weighted by Gasteiger charge is 2.24. The number of aromatic nitrogens is 6. The third-order valence-electron chi connectivity index (χ3n) is 4.89. The number of fused-ring (bicyclic) bond motifs is 3. The fourth-order valence-corrected chi connectivity index (χ4v) is 4.18. The molecule has 10 nitrogen and oxygen atoms in total. The molecule has 0 aliphatic carbocycles. The van der Waals surface area contributed by atoms with Gasteiger partial charge < -0.3 is 4.74 Å². The van der Waals surface area contributed by atoms with Crippen molar-refractivity contribution >= 4 is 34.7 Å². The molecule has 3 heterocycles. The van der Waals surface area contributed by atoms with Crippen molar-refractivity contribution in [3.63, 3.8) is 0 Å². The summed E-state index contributed by atoms with van der Waals surface area (Å²) in [5, 5.41) is 8.71. The summed E-state index contributed by atoms with van der Waals surface area (Å²) >= 11 is 1.10. The molecule has 32 heavy (non-hydrogen) atoms. The second-order valence-corrected chi connectivity index (χ2v) is 8.48. The average Bonchev–Trinajstić information content (AvgIpc) is 3.29. The Kier molecular flexibility index (Phi) is 5.63. The van der Waals surface area contributed by atoms with E-state index in [1.807, 2.05) is 0 Å². The van der Waals surface area contributed by atoms with Crippen molar-refractivity contribution < 1.29 is 13.9 Å². The highest BCUT2D eigenvalue weighted by molar-refractivity contribution is 7.99. The smallest absolute Gasteiger partial charge is 0.332 e. The second-order valence-electron chi connectivity index (χ2n) is 7.54. The van der Waals surface area contributed by atoms with Gasteiger partial charge in [-0.2, -0.15) is 0 Å². The molecular weight excluding hydrogens is 439 g/mol. The van der Waals surface area contributed by atoms with E-state index in [1.54, 1.807) is 42.0 Å². The van der Waals surface area contributed by atoms with Gasteiger partial charge in [0.1, 0.15) is 5.82 Å². The first-order chi connectivity index (χ1) is 15.2. The molecule has 1 aromatic carbocycles. The maximum atomic E-state index is 13.4. The normalized spacial score (nSPS) is 11.7. The molecule has 4 aromatic rings. The van der Waals surface area contributed by atoms with Crippen molar-refractivity contribution in [2.75, 3.05) is 5.75 Å². The molecule has 0 saturated carbocycles. The Labute approximate surface area is 185 Å². The van der Waals surface area contributed by atoms with Gasteiger partial charge in [-0.3, -0.25) is 23.3 Å². The Balaban J connectivity index is 1.91. The molecule has 0 bridgehead atoms.